The fraction of sp³-hybridized carbons (Fsp3) is 0.231. The third-order valence-electron chi connectivity index (χ3n) is 3.16. The van der Waals surface area contributed by atoms with Crippen LogP contribution in [0.4, 0.5) is 5.69 Å². The Morgan fingerprint density at radius 2 is 2.24 bits per heavy atom. The van der Waals surface area contributed by atoms with E-state index in [9.17, 15) is 4.79 Å². The number of hydrogen-bond donors (Lipinski definition) is 1. The minimum Gasteiger partial charge on any atom is -0.348 e. The van der Waals surface area contributed by atoms with Crippen molar-refractivity contribution in [3.05, 3.63) is 47.5 Å². The van der Waals surface area contributed by atoms with Gasteiger partial charge in [-0.1, -0.05) is 18.2 Å². The molecular formula is C13H13N3O. The molecular weight excluding hydrogens is 214 g/mol. The number of amides is 1. The number of H-pyrrole nitrogens is 1. The van der Waals surface area contributed by atoms with Gasteiger partial charge in [-0.15, -0.1) is 0 Å². The van der Waals surface area contributed by atoms with Gasteiger partial charge in [0.15, 0.2) is 0 Å². The molecule has 0 radical (unpaired) electrons. The first-order valence-electron chi connectivity index (χ1n) is 5.67. The molecule has 0 saturated carbocycles. The highest BCUT2D eigenvalue weighted by Gasteiger charge is 2.27. The normalized spacial score (nSPS) is 13.8. The second-order valence-corrected chi connectivity index (χ2v) is 4.21. The van der Waals surface area contributed by atoms with E-state index in [2.05, 4.69) is 16.0 Å². The van der Waals surface area contributed by atoms with Crippen LogP contribution in [0.3, 0.4) is 0 Å². The lowest BCUT2D eigenvalue weighted by atomic mass is 10.2. The van der Waals surface area contributed by atoms with Crippen LogP contribution in [0.2, 0.25) is 0 Å². The second-order valence-electron chi connectivity index (χ2n) is 4.21. The molecule has 0 spiro atoms. The summed E-state index contributed by atoms with van der Waals surface area (Å²) in [5, 5.41) is 0. The van der Waals surface area contributed by atoms with E-state index in [0.717, 1.165) is 24.3 Å². The highest BCUT2D eigenvalue weighted by Crippen LogP contribution is 2.28. The number of fused-ring (bicyclic) bond motifs is 1. The Morgan fingerprint density at radius 1 is 1.41 bits per heavy atom. The highest BCUT2D eigenvalue weighted by atomic mass is 16.2. The molecule has 0 fully saturated rings. The first-order chi connectivity index (χ1) is 8.27. The molecule has 0 atom stereocenters. The van der Waals surface area contributed by atoms with Crippen LogP contribution < -0.4 is 4.90 Å². The van der Waals surface area contributed by atoms with Gasteiger partial charge < -0.3 is 9.88 Å². The fourth-order valence-electron chi connectivity index (χ4n) is 2.25. The topological polar surface area (TPSA) is 49.0 Å². The molecule has 1 N–H and O–H groups in total. The number of imidazole rings is 1. The zero-order valence-electron chi connectivity index (χ0n) is 9.60. The fourth-order valence-corrected chi connectivity index (χ4v) is 2.25. The summed E-state index contributed by atoms with van der Waals surface area (Å²) in [6.07, 6.45) is 2.48. The predicted octanol–water partition coefficient (Wildman–Crippen LogP) is 1.92. The average molecular weight is 227 g/mol. The van der Waals surface area contributed by atoms with Crippen molar-refractivity contribution in [2.45, 2.75) is 13.3 Å². The van der Waals surface area contributed by atoms with Gasteiger partial charge >= 0.3 is 0 Å². The number of nitrogens with zero attached hydrogens (tertiary/aromatic N) is 2. The van der Waals surface area contributed by atoms with E-state index in [0.29, 0.717) is 5.69 Å². The molecule has 2 heterocycles. The lowest BCUT2D eigenvalue weighted by Crippen LogP contribution is -2.29. The van der Waals surface area contributed by atoms with Crippen molar-refractivity contribution in [1.29, 1.82) is 0 Å². The van der Waals surface area contributed by atoms with E-state index < -0.39 is 0 Å². The van der Waals surface area contributed by atoms with E-state index in [-0.39, 0.29) is 5.91 Å². The molecule has 0 aliphatic carbocycles. The van der Waals surface area contributed by atoms with Crippen LogP contribution in [0.25, 0.3) is 0 Å². The molecule has 1 aliphatic rings. The third kappa shape index (κ3) is 1.53. The van der Waals surface area contributed by atoms with Gasteiger partial charge in [-0.25, -0.2) is 4.98 Å². The van der Waals surface area contributed by atoms with Crippen molar-refractivity contribution >= 4 is 11.6 Å². The summed E-state index contributed by atoms with van der Waals surface area (Å²) in [5.74, 6) is -0.0197. The van der Waals surface area contributed by atoms with Gasteiger partial charge in [-0.05, 0) is 25.0 Å². The van der Waals surface area contributed by atoms with Gasteiger partial charge in [0.05, 0.1) is 6.33 Å². The van der Waals surface area contributed by atoms with Gasteiger partial charge in [-0.2, -0.15) is 0 Å². The molecule has 1 aromatic carbocycles. The van der Waals surface area contributed by atoms with Gasteiger partial charge in [0.25, 0.3) is 5.91 Å². The maximum Gasteiger partial charge on any atom is 0.278 e. The first-order valence-corrected chi connectivity index (χ1v) is 5.67. The van der Waals surface area contributed by atoms with Crippen LogP contribution in [0, 0.1) is 6.92 Å². The molecule has 17 heavy (non-hydrogen) atoms. The summed E-state index contributed by atoms with van der Waals surface area (Å²) < 4.78 is 0. The number of aromatic amines is 1. The van der Waals surface area contributed by atoms with Crippen LogP contribution >= 0.6 is 0 Å². The van der Waals surface area contributed by atoms with Crippen LogP contribution in [-0.2, 0) is 6.42 Å². The number of carbonyl (C=O) groups excluding carboxylic acids is 1. The molecule has 2 aromatic rings. The molecule has 1 amide bonds. The van der Waals surface area contributed by atoms with Crippen LogP contribution in [0.5, 0.6) is 0 Å². The maximum absolute atomic E-state index is 12.3. The van der Waals surface area contributed by atoms with Crippen molar-refractivity contribution in [3.63, 3.8) is 0 Å². The van der Waals surface area contributed by atoms with Crippen LogP contribution in [0.1, 0.15) is 21.7 Å². The molecule has 4 nitrogen and oxygen atoms in total. The Morgan fingerprint density at radius 3 is 3.00 bits per heavy atom. The summed E-state index contributed by atoms with van der Waals surface area (Å²) in [6.45, 7) is 2.60. The number of aromatic nitrogens is 2. The number of anilines is 1. The van der Waals surface area contributed by atoms with Gasteiger partial charge in [-0.3, -0.25) is 4.79 Å². The van der Waals surface area contributed by atoms with Gasteiger partial charge in [0, 0.05) is 17.9 Å². The maximum atomic E-state index is 12.3. The highest BCUT2D eigenvalue weighted by molar-refractivity contribution is 6.06. The summed E-state index contributed by atoms with van der Waals surface area (Å²) in [4.78, 5) is 21.2. The number of carbonyl (C=O) groups is 1. The van der Waals surface area contributed by atoms with E-state index in [1.807, 2.05) is 25.1 Å². The smallest absolute Gasteiger partial charge is 0.278 e. The Hall–Kier alpha value is -2.10. The third-order valence-corrected chi connectivity index (χ3v) is 3.16. The zero-order valence-corrected chi connectivity index (χ0v) is 9.60. The minimum atomic E-state index is -0.0197. The standard InChI is InChI=1S/C13H13N3O/c1-9-12(15-8-14-9)13(17)16-7-6-10-4-2-3-5-11(10)16/h2-5,8H,6-7H2,1H3,(H,14,15). The Bertz CT molecular complexity index is 574. The van der Waals surface area contributed by atoms with E-state index in [1.165, 1.54) is 5.56 Å². The lowest BCUT2D eigenvalue weighted by molar-refractivity contribution is 0.0984. The van der Waals surface area contributed by atoms with Crippen molar-refractivity contribution in [2.24, 2.45) is 0 Å². The zero-order chi connectivity index (χ0) is 11.8. The number of para-hydroxylation sites is 1. The Labute approximate surface area is 99.3 Å². The van der Waals surface area contributed by atoms with E-state index >= 15 is 0 Å². The summed E-state index contributed by atoms with van der Waals surface area (Å²) >= 11 is 0. The number of hydrogen-bond acceptors (Lipinski definition) is 2. The second kappa shape index (κ2) is 3.73. The quantitative estimate of drug-likeness (QED) is 0.809. The minimum absolute atomic E-state index is 0.0197. The van der Waals surface area contributed by atoms with E-state index in [1.54, 1.807) is 11.2 Å². The average Bonchev–Trinajstić information content (AvgIpc) is 2.94. The largest absolute Gasteiger partial charge is 0.348 e. The van der Waals surface area contributed by atoms with E-state index in [4.69, 9.17) is 0 Å². The summed E-state index contributed by atoms with van der Waals surface area (Å²) in [6, 6.07) is 8.02. The summed E-state index contributed by atoms with van der Waals surface area (Å²) in [5.41, 5.74) is 3.58. The first kappa shape index (κ1) is 10.1. The Balaban J connectivity index is 1.98. The van der Waals surface area contributed by atoms with Crippen molar-refractivity contribution in [3.8, 4) is 0 Å². The molecule has 1 aliphatic heterocycles. The van der Waals surface area contributed by atoms with Gasteiger partial charge in [0.1, 0.15) is 5.69 Å². The predicted molar refractivity (Wildman–Crippen MR) is 65.1 cm³/mol. The van der Waals surface area contributed by atoms with Crippen LogP contribution in [0.15, 0.2) is 30.6 Å². The van der Waals surface area contributed by atoms with Crippen molar-refractivity contribution in [1.82, 2.24) is 9.97 Å². The van der Waals surface area contributed by atoms with Crippen molar-refractivity contribution in [2.75, 3.05) is 11.4 Å². The molecule has 86 valence electrons. The molecule has 0 bridgehead atoms. The molecule has 0 saturated heterocycles. The number of rotatable bonds is 1. The van der Waals surface area contributed by atoms with Gasteiger partial charge in [0.2, 0.25) is 0 Å². The molecule has 4 heteroatoms. The molecule has 1 aromatic heterocycles. The molecule has 3 rings (SSSR count). The monoisotopic (exact) mass is 227 g/mol. The SMILES string of the molecule is Cc1[nH]cnc1C(=O)N1CCc2ccccc21. The number of nitrogens with one attached hydrogen (secondary N) is 1. The number of aryl methyl sites for hydroxylation is 1. The van der Waals surface area contributed by atoms with Crippen LogP contribution in [-0.4, -0.2) is 22.4 Å². The van der Waals surface area contributed by atoms with Crippen molar-refractivity contribution < 1.29 is 4.79 Å². The lowest BCUT2D eigenvalue weighted by Gasteiger charge is -2.16. The summed E-state index contributed by atoms with van der Waals surface area (Å²) in [7, 11) is 0. The Kier molecular flexibility index (Phi) is 2.21. The number of benzene rings is 1. The molecule has 0 unspecified atom stereocenters.